The molecule has 6 nitrogen and oxygen atoms in total. The van der Waals surface area contributed by atoms with E-state index in [4.69, 9.17) is 0 Å². The monoisotopic (exact) mass is 727 g/mol. The number of allylic oxidation sites excluding steroid dienone is 1. The number of fused-ring (bicyclic) bond motifs is 2. The molecule has 4 atom stereocenters. The molecule has 2 amide bonds. The summed E-state index contributed by atoms with van der Waals surface area (Å²) in [6.07, 6.45) is 11.1. The third-order valence-electron chi connectivity index (χ3n) is 5.48. The molecule has 1 saturated heterocycles. The van der Waals surface area contributed by atoms with E-state index in [1.165, 1.54) is 0 Å². The van der Waals surface area contributed by atoms with Gasteiger partial charge in [0.1, 0.15) is 11.6 Å². The first kappa shape index (κ1) is 36.6. The Labute approximate surface area is 276 Å². The molecule has 30 heavy (non-hydrogen) atoms. The van der Waals surface area contributed by atoms with Crippen LogP contribution in [-0.2, 0) is 86.7 Å². The molecule has 2 fully saturated rings. The van der Waals surface area contributed by atoms with Gasteiger partial charge in [0, 0.05) is 78.2 Å². The molecule has 0 aromatic heterocycles. The number of hydrogen-bond donors (Lipinski definition) is 2. The van der Waals surface area contributed by atoms with E-state index in [9.17, 15) is 19.5 Å². The summed E-state index contributed by atoms with van der Waals surface area (Å²) in [4.78, 5) is 38.5. The van der Waals surface area contributed by atoms with Crippen molar-refractivity contribution in [3.8, 4) is 0 Å². The van der Waals surface area contributed by atoms with Crippen LogP contribution in [0.15, 0.2) is 12.2 Å². The molecule has 2 N–H and O–H groups in total. The Morgan fingerprint density at radius 1 is 1.33 bits per heavy atom. The molecule has 0 aromatic rings. The Morgan fingerprint density at radius 3 is 2.63 bits per heavy atom. The predicted molar refractivity (Wildman–Crippen MR) is 99.6 cm³/mol. The standard InChI is InChI=1S/C19H26N2O4.CH3.K.V.W.Y.H/c1-13-10-15-17(23)20-19(18(24)25)11-14(19)8-6-4-2-3-5-7-9-16(22)21(15)12-13;;;;;;/h6,8-9,13-15H,1-5,7,10-12H2,(H,20,23)(H,24,25);1H3;;;;;/q-2;-1;+1;;;;-1/b8-6-;;;;;;/t13-,14?,15+,19?;;;;;;/m1....../s1/i;;;;;;1+2. The summed E-state index contributed by atoms with van der Waals surface area (Å²) >= 11 is 0. The van der Waals surface area contributed by atoms with E-state index in [1.807, 2.05) is 12.2 Å². The van der Waals surface area contributed by atoms with E-state index in [-0.39, 0.29) is 156 Å². The van der Waals surface area contributed by atoms with Gasteiger partial charge in [-0.05, 0) is 32.2 Å². The normalized spacial score (nSPS) is 31.4. The molecule has 3 aliphatic rings. The molecule has 2 aliphatic heterocycles. The average Bonchev–Trinajstić information content (AvgIpc) is 3.11. The summed E-state index contributed by atoms with van der Waals surface area (Å²) in [6.45, 7) is 4.43. The van der Waals surface area contributed by atoms with Gasteiger partial charge in [-0.15, -0.1) is 5.92 Å². The van der Waals surface area contributed by atoms with Crippen LogP contribution in [0.3, 0.4) is 0 Å². The smallest absolute Gasteiger partial charge is 1.00 e. The maximum absolute atomic E-state index is 12.7. The number of carboxylic acids is 1. The van der Waals surface area contributed by atoms with Gasteiger partial charge in [0.25, 0.3) is 0 Å². The molecule has 162 valence electrons. The molecule has 0 spiro atoms. The number of carboxylic acid groups (broad SMARTS) is 1. The Kier molecular flexibility index (Phi) is 20.3. The van der Waals surface area contributed by atoms with Crippen molar-refractivity contribution in [2.75, 3.05) is 6.54 Å². The molecule has 0 aromatic carbocycles. The van der Waals surface area contributed by atoms with Crippen LogP contribution in [0.2, 0.25) is 0 Å². The zero-order chi connectivity index (χ0) is 18.0. The molecule has 2 unspecified atom stereocenters. The third kappa shape index (κ3) is 9.00. The predicted octanol–water partition coefficient (Wildman–Crippen LogP) is -0.719. The molecule has 1 aliphatic carbocycles. The summed E-state index contributed by atoms with van der Waals surface area (Å²) < 4.78 is 0. The van der Waals surface area contributed by atoms with Crippen molar-refractivity contribution < 1.29 is 145 Å². The average molecular weight is 727 g/mol. The van der Waals surface area contributed by atoms with E-state index in [0.29, 0.717) is 25.8 Å². The van der Waals surface area contributed by atoms with Crippen LogP contribution in [0.25, 0.3) is 0 Å². The number of carbonyl (C=O) groups excluding carboxylic acids is 2. The number of aliphatic carboxylic acids is 1. The summed E-state index contributed by atoms with van der Waals surface area (Å²) in [5.41, 5.74) is -1.22. The first-order chi connectivity index (χ1) is 11.9. The summed E-state index contributed by atoms with van der Waals surface area (Å²) in [5.74, 6) is -1.71. The number of nitrogens with one attached hydrogen (secondary N) is 1. The second-order valence-corrected chi connectivity index (χ2v) is 7.45. The van der Waals surface area contributed by atoms with E-state index in [1.54, 1.807) is 11.3 Å². The fourth-order valence-corrected chi connectivity index (χ4v) is 3.87. The maximum Gasteiger partial charge on any atom is 1.00 e. The van der Waals surface area contributed by atoms with Gasteiger partial charge in [-0.1, -0.05) is 25.0 Å². The van der Waals surface area contributed by atoms with Gasteiger partial charge in [-0.3, -0.25) is 4.79 Å². The maximum atomic E-state index is 12.7. The summed E-state index contributed by atoms with van der Waals surface area (Å²) in [5, 5.41) is 12.3. The van der Waals surface area contributed by atoms with E-state index >= 15 is 0 Å². The van der Waals surface area contributed by atoms with Crippen LogP contribution in [-0.4, -0.2) is 45.9 Å². The third-order valence-corrected chi connectivity index (χ3v) is 5.48. The van der Waals surface area contributed by atoms with Crippen molar-refractivity contribution in [2.24, 2.45) is 11.8 Å². The molecular weight excluding hydrogens is 695 g/mol. The Balaban J connectivity index is -0.000000607. The molecule has 0 bridgehead atoms. The van der Waals surface area contributed by atoms with Gasteiger partial charge in [-0.25, -0.2) is 4.79 Å². The molecule has 3 rings (SSSR count). The Hall–Kier alpha value is 2.03. The minimum Gasteiger partial charge on any atom is -1.00 e. The van der Waals surface area contributed by atoms with Crippen molar-refractivity contribution >= 4 is 17.8 Å². The SMILES string of the molecule is [3H-].[CH2-][C@@H]1C[C@H]2C(=O)NC3(C(=O)O)CC3/C=C\CCCCC[CH-]C(=O)N2C1.[CH3-].[K+].[V].[W].[Y]. The molecule has 10 heteroatoms. The van der Waals surface area contributed by atoms with Crippen LogP contribution in [0.4, 0.5) is 0 Å². The van der Waals surface area contributed by atoms with Crippen LogP contribution in [0.5, 0.6) is 0 Å². The first-order valence-electron chi connectivity index (χ1n) is 9.13. The van der Waals surface area contributed by atoms with Crippen LogP contribution < -0.4 is 56.7 Å². The number of amides is 2. The van der Waals surface area contributed by atoms with E-state index in [0.717, 1.165) is 25.7 Å². The van der Waals surface area contributed by atoms with Gasteiger partial charge in [-0.2, -0.15) is 6.42 Å². The topological polar surface area (TPSA) is 86.7 Å². The fraction of sp³-hybridized carbons (Fsp3) is 0.600. The molecule has 2 radical (unpaired) electrons. The van der Waals surface area contributed by atoms with Gasteiger partial charge in [0.05, 0.1) is 5.91 Å². The second-order valence-electron chi connectivity index (χ2n) is 7.45. The van der Waals surface area contributed by atoms with Gasteiger partial charge >= 0.3 is 57.4 Å². The zero-order valence-electron chi connectivity index (χ0n) is 18.9. The number of rotatable bonds is 1. The largest absolute Gasteiger partial charge is 1.00 e. The van der Waals surface area contributed by atoms with Gasteiger partial charge < -0.3 is 42.3 Å². The van der Waals surface area contributed by atoms with E-state index in [2.05, 4.69) is 12.2 Å². The van der Waals surface area contributed by atoms with E-state index < -0.39 is 17.6 Å². The molecule has 2 heterocycles. The summed E-state index contributed by atoms with van der Waals surface area (Å²) in [6, 6.07) is -0.627. The van der Waals surface area contributed by atoms with Crippen LogP contribution in [0, 0.1) is 32.6 Å². The van der Waals surface area contributed by atoms with Crippen molar-refractivity contribution in [3.05, 3.63) is 32.9 Å². The molecular formula is C20H30KN2O4VWY-3. The fourth-order valence-electron chi connectivity index (χ4n) is 3.87. The quantitative estimate of drug-likeness (QED) is 0.213. The van der Waals surface area contributed by atoms with Gasteiger partial charge in [0.15, 0.2) is 0 Å². The minimum atomic E-state index is -1.22. The molecule has 1 saturated carbocycles. The van der Waals surface area contributed by atoms with Crippen LogP contribution >= 0.6 is 0 Å². The minimum absolute atomic E-state index is 0. The Morgan fingerprint density at radius 2 is 2.00 bits per heavy atom. The van der Waals surface area contributed by atoms with Crippen molar-refractivity contribution in [3.63, 3.8) is 0 Å². The van der Waals surface area contributed by atoms with Gasteiger partial charge in [0.2, 0.25) is 5.91 Å². The van der Waals surface area contributed by atoms with Crippen molar-refractivity contribution in [2.45, 2.75) is 56.5 Å². The zero-order valence-corrected chi connectivity index (χ0v) is 28.2. The number of carbonyl (C=O) groups is 3. The Bertz CT molecular complexity index is 620. The number of nitrogens with zero attached hydrogens (tertiary/aromatic N) is 1. The first-order valence-corrected chi connectivity index (χ1v) is 9.13. The second kappa shape index (κ2) is 16.6. The van der Waals surface area contributed by atoms with Crippen molar-refractivity contribution in [1.82, 2.24) is 10.2 Å². The summed E-state index contributed by atoms with van der Waals surface area (Å²) in [7, 11) is 0. The van der Waals surface area contributed by atoms with Crippen LogP contribution in [0.1, 0.15) is 46.4 Å². The van der Waals surface area contributed by atoms with Crippen molar-refractivity contribution in [1.29, 1.82) is 0 Å². The number of hydrogen-bond acceptors (Lipinski definition) is 3.